The van der Waals surface area contributed by atoms with Crippen molar-refractivity contribution in [1.82, 2.24) is 29.9 Å². The molecule has 0 bridgehead atoms. The van der Waals surface area contributed by atoms with Crippen LogP contribution in [-0.4, -0.2) is 29.9 Å². The summed E-state index contributed by atoms with van der Waals surface area (Å²) in [4.78, 5) is 32.0. The smallest absolute Gasteiger partial charge is 0.417 e. The van der Waals surface area contributed by atoms with Gasteiger partial charge in [0.05, 0.1) is 11.0 Å². The average molecular weight is 1410 g/mol. The molecule has 0 spiro atoms. The molecule has 10 aromatic rings. The Bertz CT molecular complexity index is 4130. The lowest BCUT2D eigenvalue weighted by Gasteiger charge is -2.21. The number of rotatable bonds is 7. The predicted octanol–water partition coefficient (Wildman–Crippen LogP) is 24.6. The second-order valence-electron chi connectivity index (χ2n) is 33.2. The van der Waals surface area contributed by atoms with Crippen molar-refractivity contribution in [3.63, 3.8) is 0 Å². The minimum Gasteiger partial charge on any atom is -0.436 e. The first-order valence-corrected chi connectivity index (χ1v) is 35.7. The molecule has 3 aromatic carbocycles. The second kappa shape index (κ2) is 37.5. The Hall–Kier alpha value is -8.97. The Morgan fingerprint density at radius 2 is 0.942 bits per heavy atom. The number of aryl methyl sites for hydroxylation is 3. The van der Waals surface area contributed by atoms with E-state index >= 15 is 0 Å². The normalized spacial score (nSPS) is 11.8. The summed E-state index contributed by atoms with van der Waals surface area (Å²) in [7, 11) is 0. The quantitative estimate of drug-likeness (QED) is 0.115. The molecule has 0 radical (unpaired) electrons. The number of nitrogens with zero attached hydrogens (tertiary/aromatic N) is 7. The maximum absolute atomic E-state index is 13.6. The first-order chi connectivity index (χ1) is 47.6. The molecule has 0 unspecified atom stereocenters. The first kappa shape index (κ1) is 86.4. The molecule has 0 aliphatic heterocycles. The molecular formula is C90H118F4N7O2+. The van der Waals surface area contributed by atoms with Gasteiger partial charge in [-0.05, 0) is 139 Å². The Morgan fingerprint density at radius 1 is 0.417 bits per heavy atom. The lowest BCUT2D eigenvalue weighted by Crippen LogP contribution is -2.47. The van der Waals surface area contributed by atoms with E-state index in [1.165, 1.54) is 57.0 Å². The zero-order chi connectivity index (χ0) is 77.5. The highest BCUT2D eigenvalue weighted by atomic mass is 19.4. The fourth-order valence-corrected chi connectivity index (χ4v) is 9.58. The Balaban J connectivity index is 0.000000257. The lowest BCUT2D eigenvalue weighted by molar-refractivity contribution is -0.882. The molecule has 0 saturated carbocycles. The third kappa shape index (κ3) is 29.4. The standard InChI is InChI=1S/C17H22NO.C15H16FNO.C15H17N.C12H19N.C11H17N.C10H12F3N.C10H15N/c1-13-9-8-10-15(14(13)2)19-18-12-7-6-11-16(18)17(3,4)5;1-15(2,3)11-7-6-10-17-14(11)18-13-9-5-4-8-12(13)16;1-15(2,3)14-10-9-13(11-16-14)12-7-5-4-6-8-12;1-9(2)11-7-6-10(8-13-11)12(3,4)5;1-5-9-7-6-8-10(12-9)11(2,3)4;1-9(2,3)8-5-4-7(6-14-8)10(11,12)13;1-8-6-5-7-9(11-8)10(2,3)4/h6-12H,1-5H3;4-10H,1-3H3;4-11H,1-3H3;6-9H,1-5H3;6-8H,5H2,1-4H3;4-6H,1-3H3;5-7H,1-4H3/q+1;;;;;;. The molecule has 552 valence electrons. The number of pyridine rings is 7. The van der Waals surface area contributed by atoms with E-state index in [4.69, 9.17) is 9.57 Å². The van der Waals surface area contributed by atoms with Crippen LogP contribution >= 0.6 is 0 Å². The van der Waals surface area contributed by atoms with Gasteiger partial charge in [0.25, 0.3) is 0 Å². The van der Waals surface area contributed by atoms with Crippen molar-refractivity contribution in [2.24, 2.45) is 0 Å². The molecule has 13 heteroatoms. The zero-order valence-corrected chi connectivity index (χ0v) is 66.9. The fourth-order valence-electron chi connectivity index (χ4n) is 9.58. The maximum atomic E-state index is 13.6. The van der Waals surface area contributed by atoms with Crippen molar-refractivity contribution in [2.45, 2.75) is 243 Å². The molecule has 0 saturated heterocycles. The Morgan fingerprint density at radius 3 is 1.42 bits per heavy atom. The van der Waals surface area contributed by atoms with Crippen LogP contribution in [0.4, 0.5) is 17.6 Å². The molecule has 9 nitrogen and oxygen atoms in total. The van der Waals surface area contributed by atoms with E-state index in [1.54, 1.807) is 24.4 Å². The van der Waals surface area contributed by atoms with E-state index in [0.717, 1.165) is 52.8 Å². The van der Waals surface area contributed by atoms with Crippen LogP contribution in [0.3, 0.4) is 0 Å². The highest BCUT2D eigenvalue weighted by Gasteiger charge is 2.32. The van der Waals surface area contributed by atoms with Gasteiger partial charge in [-0.25, -0.2) is 14.2 Å². The summed E-state index contributed by atoms with van der Waals surface area (Å²) >= 11 is 0. The van der Waals surface area contributed by atoms with Gasteiger partial charge in [0.1, 0.15) is 0 Å². The number of aromatic nitrogens is 7. The van der Waals surface area contributed by atoms with E-state index in [0.29, 0.717) is 17.5 Å². The second-order valence-corrected chi connectivity index (χ2v) is 33.2. The summed E-state index contributed by atoms with van der Waals surface area (Å²) in [6.45, 7) is 57.4. The highest BCUT2D eigenvalue weighted by Crippen LogP contribution is 2.34. The predicted molar refractivity (Wildman–Crippen MR) is 420 cm³/mol. The molecule has 0 amide bonds. The van der Waals surface area contributed by atoms with Gasteiger partial charge in [0.2, 0.25) is 23.5 Å². The fraction of sp³-hybridized carbons (Fsp3) is 0.411. The molecule has 7 aromatic heterocycles. The molecule has 0 atom stereocenters. The van der Waals surface area contributed by atoms with Crippen molar-refractivity contribution in [2.75, 3.05) is 0 Å². The largest absolute Gasteiger partial charge is 0.436 e. The number of hydrogen-bond donors (Lipinski definition) is 0. The van der Waals surface area contributed by atoms with Gasteiger partial charge < -0.3 is 4.74 Å². The summed E-state index contributed by atoms with van der Waals surface area (Å²) in [6, 6.07) is 56.2. The van der Waals surface area contributed by atoms with Crippen molar-refractivity contribution >= 4 is 0 Å². The number of para-hydroxylation sites is 1. The minimum absolute atomic E-state index is 0.0407. The molecule has 103 heavy (non-hydrogen) atoms. The molecule has 0 fully saturated rings. The van der Waals surface area contributed by atoms with E-state index in [2.05, 4.69) is 268 Å². The van der Waals surface area contributed by atoms with Crippen LogP contribution in [0, 0.1) is 26.6 Å². The Kier molecular flexibility index (Phi) is 31.4. The van der Waals surface area contributed by atoms with Crippen LogP contribution < -0.4 is 14.3 Å². The van der Waals surface area contributed by atoms with Crippen LogP contribution in [0.2, 0.25) is 0 Å². The molecule has 10 rings (SSSR count). The van der Waals surface area contributed by atoms with Crippen LogP contribution in [0.5, 0.6) is 17.4 Å². The van der Waals surface area contributed by atoms with Crippen molar-refractivity contribution in [1.29, 1.82) is 0 Å². The van der Waals surface area contributed by atoms with Crippen LogP contribution in [-0.2, 0) is 50.5 Å². The summed E-state index contributed by atoms with van der Waals surface area (Å²) in [6.07, 6.45) is 5.15. The van der Waals surface area contributed by atoms with Crippen molar-refractivity contribution in [3.05, 3.63) is 286 Å². The topological polar surface area (TPSA) is 99.7 Å². The van der Waals surface area contributed by atoms with Gasteiger partial charge in [-0.3, -0.25) is 24.9 Å². The molecule has 0 aliphatic carbocycles. The number of ether oxygens (including phenoxy) is 1. The van der Waals surface area contributed by atoms with Gasteiger partial charge in [0, 0.05) is 120 Å². The first-order valence-electron chi connectivity index (χ1n) is 35.7. The lowest BCUT2D eigenvalue weighted by atomic mass is 9.88. The van der Waals surface area contributed by atoms with Crippen molar-refractivity contribution < 1.29 is 31.9 Å². The minimum atomic E-state index is -4.30. The average Bonchev–Trinajstić information content (AvgIpc) is 0.811. The Labute approximate surface area is 616 Å². The number of benzene rings is 3. The van der Waals surface area contributed by atoms with Crippen molar-refractivity contribution in [3.8, 4) is 28.5 Å². The van der Waals surface area contributed by atoms with E-state index in [1.807, 2.05) is 112 Å². The summed E-state index contributed by atoms with van der Waals surface area (Å²) in [5.74, 6) is 1.69. The molecular weight excluding hydrogens is 1290 g/mol. The maximum Gasteiger partial charge on any atom is 0.417 e. The van der Waals surface area contributed by atoms with E-state index in [-0.39, 0.29) is 49.5 Å². The SMILES string of the molecule is CC(C)(C)c1ccc(-c2ccccc2)cn1.CC(C)(C)c1ccc(C(F)(F)F)cn1.CC(C)(C)c1cccnc1Oc1ccccc1F.CC(C)c1ccc(C(C)(C)C)cn1.CCc1cccc(C(C)(C)C)n1.Cc1cccc(C(C)(C)C)n1.Cc1cccc(O[n+]2ccccc2C(C)(C)C)c1C. The van der Waals surface area contributed by atoms with Gasteiger partial charge in [-0.1, -0.05) is 251 Å². The van der Waals surface area contributed by atoms with Crippen LogP contribution in [0.25, 0.3) is 11.1 Å². The van der Waals surface area contributed by atoms with E-state index in [9.17, 15) is 17.6 Å². The van der Waals surface area contributed by atoms with Gasteiger partial charge in [0.15, 0.2) is 11.6 Å². The molecule has 0 aliphatic rings. The third-order valence-corrected chi connectivity index (χ3v) is 16.3. The van der Waals surface area contributed by atoms with Gasteiger partial charge >= 0.3 is 6.18 Å². The van der Waals surface area contributed by atoms with Crippen LogP contribution in [0.1, 0.15) is 245 Å². The zero-order valence-electron chi connectivity index (χ0n) is 66.9. The number of halogens is 4. The third-order valence-electron chi connectivity index (χ3n) is 16.3. The van der Waals surface area contributed by atoms with Gasteiger partial charge in [-0.2, -0.15) is 13.2 Å². The number of hydrogen-bond acceptors (Lipinski definition) is 8. The van der Waals surface area contributed by atoms with Crippen LogP contribution in [0.15, 0.2) is 207 Å². The monoisotopic (exact) mass is 1400 g/mol. The van der Waals surface area contributed by atoms with Gasteiger partial charge in [-0.15, -0.1) is 0 Å². The number of alkyl halides is 3. The summed E-state index contributed by atoms with van der Waals surface area (Å²) in [5, 5.41) is 0. The molecule has 7 heterocycles. The summed E-state index contributed by atoms with van der Waals surface area (Å²) < 4.78 is 57.5. The van der Waals surface area contributed by atoms with E-state index < -0.39 is 11.7 Å². The highest BCUT2D eigenvalue weighted by molar-refractivity contribution is 5.62. The molecule has 0 N–H and O–H groups in total. The summed E-state index contributed by atoms with van der Waals surface area (Å²) in [5.41, 5.74) is 15.5.